The Hall–Kier alpha value is -2.77. The number of aromatic nitrogens is 2. The molecule has 26 heavy (non-hydrogen) atoms. The lowest BCUT2D eigenvalue weighted by molar-refractivity contribution is 0.144. The fourth-order valence-corrected chi connectivity index (χ4v) is 3.02. The molecule has 0 unspecified atom stereocenters. The number of methoxy groups -OCH3 is 1. The Labute approximate surface area is 156 Å². The number of hydrogen-bond donors (Lipinski definition) is 3. The van der Waals surface area contributed by atoms with E-state index in [9.17, 15) is 0 Å². The maximum absolute atomic E-state index is 8.08. The summed E-state index contributed by atoms with van der Waals surface area (Å²) in [6.07, 6.45) is 1.74. The Bertz CT molecular complexity index is 968. The Balaban J connectivity index is 2.17. The fourth-order valence-electron chi connectivity index (χ4n) is 2.75. The lowest BCUT2D eigenvalue weighted by Crippen LogP contribution is -2.21. The molecule has 0 amide bonds. The molecule has 0 aliphatic carbocycles. The summed E-state index contributed by atoms with van der Waals surface area (Å²) in [5.74, 6) is 1.43. The third kappa shape index (κ3) is 3.18. The van der Waals surface area contributed by atoms with Crippen LogP contribution >= 0.6 is 11.6 Å². The normalized spacial score (nSPS) is 10.8. The predicted molar refractivity (Wildman–Crippen MR) is 104 cm³/mol. The SMILES string of the molecule is CONC(=N)c1c[nH]c2cc(Cl)c(-c3ccc(N(C)C)nc3OC)cc12. The van der Waals surface area contributed by atoms with Gasteiger partial charge in [0.1, 0.15) is 5.82 Å². The molecule has 1 aromatic carbocycles. The van der Waals surface area contributed by atoms with E-state index in [0.717, 1.165) is 27.8 Å². The van der Waals surface area contributed by atoms with Crippen molar-refractivity contribution in [3.05, 3.63) is 41.0 Å². The lowest BCUT2D eigenvalue weighted by atomic mass is 10.0. The Morgan fingerprint density at radius 3 is 2.65 bits per heavy atom. The van der Waals surface area contributed by atoms with Gasteiger partial charge in [-0.15, -0.1) is 0 Å². The summed E-state index contributed by atoms with van der Waals surface area (Å²) < 4.78 is 5.48. The number of amidine groups is 1. The monoisotopic (exact) mass is 373 g/mol. The van der Waals surface area contributed by atoms with Crippen LogP contribution in [0.5, 0.6) is 5.88 Å². The van der Waals surface area contributed by atoms with E-state index in [1.807, 2.05) is 43.3 Å². The van der Waals surface area contributed by atoms with Gasteiger partial charge in [0.05, 0.1) is 19.2 Å². The average Bonchev–Trinajstić information content (AvgIpc) is 3.03. The second kappa shape index (κ2) is 7.23. The summed E-state index contributed by atoms with van der Waals surface area (Å²) >= 11 is 6.51. The van der Waals surface area contributed by atoms with Crippen LogP contribution in [0.25, 0.3) is 22.0 Å². The quantitative estimate of drug-likeness (QED) is 0.362. The van der Waals surface area contributed by atoms with Crippen LogP contribution in [-0.4, -0.2) is 44.1 Å². The molecule has 0 aliphatic rings. The Kier molecular flexibility index (Phi) is 5.01. The zero-order chi connectivity index (χ0) is 18.8. The van der Waals surface area contributed by atoms with Gasteiger partial charge in [-0.1, -0.05) is 11.6 Å². The van der Waals surface area contributed by atoms with Crippen LogP contribution in [0.2, 0.25) is 5.02 Å². The van der Waals surface area contributed by atoms with Crippen LogP contribution in [0.15, 0.2) is 30.5 Å². The van der Waals surface area contributed by atoms with Crippen LogP contribution in [0.4, 0.5) is 5.82 Å². The van der Waals surface area contributed by atoms with E-state index >= 15 is 0 Å². The molecule has 8 heteroatoms. The smallest absolute Gasteiger partial charge is 0.223 e. The highest BCUT2D eigenvalue weighted by Gasteiger charge is 2.17. The van der Waals surface area contributed by atoms with Crippen molar-refractivity contribution in [2.75, 3.05) is 33.2 Å². The number of pyridine rings is 1. The molecule has 3 rings (SSSR count). The van der Waals surface area contributed by atoms with Gasteiger partial charge in [-0.05, 0) is 24.3 Å². The molecule has 0 fully saturated rings. The first kappa shape index (κ1) is 18.0. The highest BCUT2D eigenvalue weighted by molar-refractivity contribution is 6.34. The highest BCUT2D eigenvalue weighted by atomic mass is 35.5. The second-order valence-corrected chi connectivity index (χ2v) is 6.29. The first-order valence-electron chi connectivity index (χ1n) is 7.87. The highest BCUT2D eigenvalue weighted by Crippen LogP contribution is 2.38. The largest absolute Gasteiger partial charge is 0.480 e. The van der Waals surface area contributed by atoms with Crippen LogP contribution < -0.4 is 15.1 Å². The number of H-pyrrole nitrogens is 1. The number of benzene rings is 1. The van der Waals surface area contributed by atoms with E-state index in [0.29, 0.717) is 16.5 Å². The van der Waals surface area contributed by atoms with E-state index in [-0.39, 0.29) is 5.84 Å². The molecule has 7 nitrogen and oxygen atoms in total. The number of nitrogens with zero attached hydrogens (tertiary/aromatic N) is 2. The molecule has 0 radical (unpaired) electrons. The van der Waals surface area contributed by atoms with Gasteiger partial charge in [-0.25, -0.2) is 5.48 Å². The fraction of sp³-hybridized carbons (Fsp3) is 0.222. The van der Waals surface area contributed by atoms with E-state index in [2.05, 4.69) is 15.4 Å². The number of nitrogens with one attached hydrogen (secondary N) is 3. The molecule has 0 atom stereocenters. The second-order valence-electron chi connectivity index (χ2n) is 5.88. The summed E-state index contributed by atoms with van der Waals surface area (Å²) in [5, 5.41) is 9.49. The lowest BCUT2D eigenvalue weighted by Gasteiger charge is -2.15. The van der Waals surface area contributed by atoms with Crippen molar-refractivity contribution in [2.45, 2.75) is 0 Å². The Morgan fingerprint density at radius 1 is 1.23 bits per heavy atom. The molecule has 0 spiro atoms. The van der Waals surface area contributed by atoms with E-state index in [4.69, 9.17) is 26.6 Å². The van der Waals surface area contributed by atoms with Crippen molar-refractivity contribution in [2.24, 2.45) is 0 Å². The number of halogens is 1. The van der Waals surface area contributed by atoms with Crippen molar-refractivity contribution in [3.8, 4) is 17.0 Å². The summed E-state index contributed by atoms with van der Waals surface area (Å²) in [4.78, 5) is 14.4. The number of hydroxylamine groups is 1. The van der Waals surface area contributed by atoms with Crippen molar-refractivity contribution >= 4 is 34.2 Å². The van der Waals surface area contributed by atoms with Crippen molar-refractivity contribution in [3.63, 3.8) is 0 Å². The number of fused-ring (bicyclic) bond motifs is 1. The summed E-state index contributed by atoms with van der Waals surface area (Å²) in [6, 6.07) is 7.59. The minimum Gasteiger partial charge on any atom is -0.480 e. The standard InChI is InChI=1S/C18H20ClN5O2/c1-24(2)16-6-5-10(18(22-16)25-3)11-7-12-13(17(20)23-26-4)9-21-15(12)8-14(11)19/h5-9,21H,1-4H3,(H2,20,23). The molecule has 136 valence electrons. The van der Waals surface area contributed by atoms with Gasteiger partial charge in [0.15, 0.2) is 5.84 Å². The van der Waals surface area contributed by atoms with Gasteiger partial charge in [-0.2, -0.15) is 4.98 Å². The zero-order valence-electron chi connectivity index (χ0n) is 15.0. The summed E-state index contributed by atoms with van der Waals surface area (Å²) in [7, 11) is 6.88. The molecule has 0 saturated heterocycles. The molecule has 0 bridgehead atoms. The van der Waals surface area contributed by atoms with E-state index in [1.165, 1.54) is 7.11 Å². The van der Waals surface area contributed by atoms with Gasteiger partial charge in [0.25, 0.3) is 0 Å². The molecule has 2 heterocycles. The van der Waals surface area contributed by atoms with Crippen LogP contribution in [0, 0.1) is 5.41 Å². The maximum atomic E-state index is 8.08. The maximum Gasteiger partial charge on any atom is 0.223 e. The number of ether oxygens (including phenoxy) is 1. The minimum absolute atomic E-state index is 0.153. The minimum atomic E-state index is 0.153. The van der Waals surface area contributed by atoms with Crippen LogP contribution in [0.3, 0.4) is 0 Å². The van der Waals surface area contributed by atoms with Gasteiger partial charge < -0.3 is 14.6 Å². The molecule has 3 N–H and O–H groups in total. The zero-order valence-corrected chi connectivity index (χ0v) is 15.7. The number of hydrogen-bond acceptors (Lipinski definition) is 5. The van der Waals surface area contributed by atoms with Gasteiger partial charge in [0, 0.05) is 47.9 Å². The average molecular weight is 374 g/mol. The molecular weight excluding hydrogens is 354 g/mol. The summed E-state index contributed by atoms with van der Waals surface area (Å²) in [6.45, 7) is 0. The first-order chi connectivity index (χ1) is 12.5. The molecule has 0 saturated carbocycles. The molecule has 0 aliphatic heterocycles. The third-order valence-corrected chi connectivity index (χ3v) is 4.34. The molecular formula is C18H20ClN5O2. The predicted octanol–water partition coefficient (Wildman–Crippen LogP) is 3.43. The Morgan fingerprint density at radius 2 is 2.00 bits per heavy atom. The topological polar surface area (TPSA) is 86.3 Å². The van der Waals surface area contributed by atoms with Crippen molar-refractivity contribution < 1.29 is 9.57 Å². The third-order valence-electron chi connectivity index (χ3n) is 4.03. The van der Waals surface area contributed by atoms with Crippen LogP contribution in [-0.2, 0) is 4.84 Å². The number of rotatable bonds is 5. The van der Waals surface area contributed by atoms with Crippen molar-refractivity contribution in [1.29, 1.82) is 5.41 Å². The van der Waals surface area contributed by atoms with Gasteiger partial charge in [-0.3, -0.25) is 10.2 Å². The van der Waals surface area contributed by atoms with Crippen molar-refractivity contribution in [1.82, 2.24) is 15.4 Å². The van der Waals surface area contributed by atoms with Gasteiger partial charge in [0.2, 0.25) is 5.88 Å². The van der Waals surface area contributed by atoms with E-state index in [1.54, 1.807) is 13.3 Å². The van der Waals surface area contributed by atoms with Gasteiger partial charge >= 0.3 is 0 Å². The number of aromatic amines is 1. The number of anilines is 1. The first-order valence-corrected chi connectivity index (χ1v) is 8.25. The molecule has 2 aromatic heterocycles. The summed E-state index contributed by atoms with van der Waals surface area (Å²) in [5.41, 5.74) is 5.61. The molecule has 3 aromatic rings. The van der Waals surface area contributed by atoms with E-state index < -0.39 is 0 Å². The van der Waals surface area contributed by atoms with Crippen LogP contribution in [0.1, 0.15) is 5.56 Å².